The lowest BCUT2D eigenvalue weighted by atomic mass is 9.93. The lowest BCUT2D eigenvalue weighted by molar-refractivity contribution is -0.0709. The first kappa shape index (κ1) is 11.6. The highest BCUT2D eigenvalue weighted by atomic mass is 16.3. The molecule has 2 N–H and O–H groups in total. The number of aliphatic hydroxyl groups is 2. The molecule has 0 radical (unpaired) electrons. The molecule has 0 aromatic heterocycles. The SMILES string of the molecule is C[C@@]1(O)C[C@H](O)CN(Cc2ccccc2)C1. The van der Waals surface area contributed by atoms with Crippen LogP contribution < -0.4 is 0 Å². The fourth-order valence-electron chi connectivity index (χ4n) is 2.44. The van der Waals surface area contributed by atoms with Gasteiger partial charge in [-0.1, -0.05) is 30.3 Å². The number of β-amino-alcohol motifs (C(OH)–C–C–N with tert-alkyl or cyclic N) is 2. The van der Waals surface area contributed by atoms with E-state index in [1.165, 1.54) is 5.56 Å². The maximum Gasteiger partial charge on any atom is 0.0771 e. The van der Waals surface area contributed by atoms with Crippen molar-refractivity contribution in [3.63, 3.8) is 0 Å². The van der Waals surface area contributed by atoms with Crippen LogP contribution in [0.15, 0.2) is 30.3 Å². The molecule has 1 aromatic carbocycles. The Bertz CT molecular complexity index is 337. The molecule has 0 aliphatic carbocycles. The summed E-state index contributed by atoms with van der Waals surface area (Å²) in [5, 5.41) is 19.7. The second-order valence-electron chi connectivity index (χ2n) is 5.01. The summed E-state index contributed by atoms with van der Waals surface area (Å²) in [6.07, 6.45) is 0.0469. The van der Waals surface area contributed by atoms with Crippen molar-refractivity contribution < 1.29 is 10.2 Å². The molecule has 1 fully saturated rings. The number of nitrogens with zero attached hydrogens (tertiary/aromatic N) is 1. The van der Waals surface area contributed by atoms with Crippen LogP contribution in [0.5, 0.6) is 0 Å². The molecule has 3 heteroatoms. The van der Waals surface area contributed by atoms with Gasteiger partial charge in [0, 0.05) is 26.1 Å². The first-order chi connectivity index (χ1) is 7.55. The number of likely N-dealkylation sites (tertiary alicyclic amines) is 1. The zero-order chi connectivity index (χ0) is 11.6. The van der Waals surface area contributed by atoms with Crippen molar-refractivity contribution in [2.45, 2.75) is 31.6 Å². The largest absolute Gasteiger partial charge is 0.392 e. The number of benzene rings is 1. The van der Waals surface area contributed by atoms with Crippen molar-refractivity contribution in [2.24, 2.45) is 0 Å². The molecule has 3 nitrogen and oxygen atoms in total. The third kappa shape index (κ3) is 3.04. The van der Waals surface area contributed by atoms with E-state index in [9.17, 15) is 10.2 Å². The van der Waals surface area contributed by atoms with Crippen LogP contribution in [0.2, 0.25) is 0 Å². The summed E-state index contributed by atoms with van der Waals surface area (Å²) in [6, 6.07) is 10.1. The summed E-state index contributed by atoms with van der Waals surface area (Å²) in [6.45, 7) is 3.84. The van der Waals surface area contributed by atoms with Crippen LogP contribution in [0, 0.1) is 0 Å². The molecule has 2 rings (SSSR count). The van der Waals surface area contributed by atoms with E-state index in [2.05, 4.69) is 17.0 Å². The summed E-state index contributed by atoms with van der Waals surface area (Å²) in [7, 11) is 0. The van der Waals surface area contributed by atoms with Gasteiger partial charge in [0.1, 0.15) is 0 Å². The molecule has 0 unspecified atom stereocenters. The Morgan fingerprint density at radius 3 is 2.69 bits per heavy atom. The molecule has 1 aliphatic heterocycles. The van der Waals surface area contributed by atoms with Gasteiger partial charge in [0.05, 0.1) is 11.7 Å². The van der Waals surface area contributed by atoms with Gasteiger partial charge in [-0.05, 0) is 12.5 Å². The van der Waals surface area contributed by atoms with Gasteiger partial charge < -0.3 is 10.2 Å². The minimum absolute atomic E-state index is 0.424. The molecule has 1 saturated heterocycles. The van der Waals surface area contributed by atoms with Gasteiger partial charge in [0.2, 0.25) is 0 Å². The van der Waals surface area contributed by atoms with Crippen molar-refractivity contribution in [1.82, 2.24) is 4.90 Å². The smallest absolute Gasteiger partial charge is 0.0771 e. The molecule has 0 amide bonds. The van der Waals surface area contributed by atoms with Crippen LogP contribution in [-0.4, -0.2) is 39.9 Å². The molecule has 88 valence electrons. The van der Waals surface area contributed by atoms with E-state index in [0.717, 1.165) is 6.54 Å². The van der Waals surface area contributed by atoms with Crippen LogP contribution in [0.1, 0.15) is 18.9 Å². The zero-order valence-electron chi connectivity index (χ0n) is 9.63. The maximum atomic E-state index is 9.99. The highest BCUT2D eigenvalue weighted by Crippen LogP contribution is 2.22. The van der Waals surface area contributed by atoms with E-state index < -0.39 is 11.7 Å². The molecule has 0 spiro atoms. The molecule has 1 aromatic rings. The van der Waals surface area contributed by atoms with Crippen LogP contribution in [0.3, 0.4) is 0 Å². The predicted molar refractivity (Wildman–Crippen MR) is 63.0 cm³/mol. The van der Waals surface area contributed by atoms with E-state index in [1.54, 1.807) is 6.92 Å². The van der Waals surface area contributed by atoms with Gasteiger partial charge in [0.15, 0.2) is 0 Å². The lowest BCUT2D eigenvalue weighted by Crippen LogP contribution is -2.51. The minimum atomic E-state index is -0.771. The van der Waals surface area contributed by atoms with E-state index in [-0.39, 0.29) is 0 Å². The number of hydrogen-bond acceptors (Lipinski definition) is 3. The molecule has 2 atom stereocenters. The first-order valence-corrected chi connectivity index (χ1v) is 5.72. The monoisotopic (exact) mass is 221 g/mol. The Kier molecular flexibility index (Phi) is 3.28. The van der Waals surface area contributed by atoms with Gasteiger partial charge in [-0.25, -0.2) is 0 Å². The van der Waals surface area contributed by atoms with Gasteiger partial charge in [0.25, 0.3) is 0 Å². The van der Waals surface area contributed by atoms with Crippen molar-refractivity contribution >= 4 is 0 Å². The zero-order valence-corrected chi connectivity index (χ0v) is 9.63. The van der Waals surface area contributed by atoms with E-state index >= 15 is 0 Å². The average Bonchev–Trinajstić information content (AvgIpc) is 2.15. The van der Waals surface area contributed by atoms with Crippen molar-refractivity contribution in [3.8, 4) is 0 Å². The van der Waals surface area contributed by atoms with E-state index in [0.29, 0.717) is 19.5 Å². The van der Waals surface area contributed by atoms with Crippen LogP contribution in [0.25, 0.3) is 0 Å². The lowest BCUT2D eigenvalue weighted by Gasteiger charge is -2.39. The summed E-state index contributed by atoms with van der Waals surface area (Å²) < 4.78 is 0. The van der Waals surface area contributed by atoms with E-state index in [1.807, 2.05) is 18.2 Å². The first-order valence-electron chi connectivity index (χ1n) is 5.72. The quantitative estimate of drug-likeness (QED) is 0.783. The van der Waals surface area contributed by atoms with E-state index in [4.69, 9.17) is 0 Å². The summed E-state index contributed by atoms with van der Waals surface area (Å²) in [4.78, 5) is 2.10. The van der Waals surface area contributed by atoms with Gasteiger partial charge in [-0.3, -0.25) is 4.90 Å². The normalized spacial score (nSPS) is 31.6. The number of aliphatic hydroxyl groups excluding tert-OH is 1. The Hall–Kier alpha value is -0.900. The maximum absolute atomic E-state index is 9.99. The molecule has 0 saturated carbocycles. The number of rotatable bonds is 2. The van der Waals surface area contributed by atoms with Crippen LogP contribution in [-0.2, 0) is 6.54 Å². The topological polar surface area (TPSA) is 43.7 Å². The molecular formula is C13H19NO2. The Morgan fingerprint density at radius 1 is 1.38 bits per heavy atom. The summed E-state index contributed by atoms with van der Waals surface area (Å²) in [5.41, 5.74) is 0.444. The fourth-order valence-corrected chi connectivity index (χ4v) is 2.44. The van der Waals surface area contributed by atoms with Crippen LogP contribution >= 0.6 is 0 Å². The Morgan fingerprint density at radius 2 is 2.06 bits per heavy atom. The van der Waals surface area contributed by atoms with Crippen molar-refractivity contribution in [3.05, 3.63) is 35.9 Å². The standard InChI is InChI=1S/C13H19NO2/c1-13(16)7-12(15)9-14(10-13)8-11-5-3-2-4-6-11/h2-6,12,15-16H,7-10H2,1H3/t12-,13+/m0/s1. The molecule has 1 aliphatic rings. The van der Waals surface area contributed by atoms with Crippen molar-refractivity contribution in [1.29, 1.82) is 0 Å². The number of piperidine rings is 1. The fraction of sp³-hybridized carbons (Fsp3) is 0.538. The highest BCUT2D eigenvalue weighted by Gasteiger charge is 2.33. The van der Waals surface area contributed by atoms with Gasteiger partial charge in [-0.2, -0.15) is 0 Å². The Labute approximate surface area is 96.3 Å². The highest BCUT2D eigenvalue weighted by molar-refractivity contribution is 5.14. The average molecular weight is 221 g/mol. The molecule has 1 heterocycles. The second-order valence-corrected chi connectivity index (χ2v) is 5.01. The molecule has 16 heavy (non-hydrogen) atoms. The van der Waals surface area contributed by atoms with Crippen molar-refractivity contribution in [2.75, 3.05) is 13.1 Å². The third-order valence-corrected chi connectivity index (χ3v) is 2.96. The van der Waals surface area contributed by atoms with Gasteiger partial charge in [-0.15, -0.1) is 0 Å². The summed E-state index contributed by atoms with van der Waals surface area (Å²) in [5.74, 6) is 0. The number of hydrogen-bond donors (Lipinski definition) is 2. The Balaban J connectivity index is 2.00. The summed E-state index contributed by atoms with van der Waals surface area (Å²) >= 11 is 0. The van der Waals surface area contributed by atoms with Gasteiger partial charge >= 0.3 is 0 Å². The van der Waals surface area contributed by atoms with Crippen LogP contribution in [0.4, 0.5) is 0 Å². The third-order valence-electron chi connectivity index (χ3n) is 2.96. The second kappa shape index (κ2) is 4.53. The predicted octanol–water partition coefficient (Wildman–Crippen LogP) is 1.00. The molecular weight excluding hydrogens is 202 g/mol. The minimum Gasteiger partial charge on any atom is -0.392 e. The molecule has 0 bridgehead atoms.